The van der Waals surface area contributed by atoms with E-state index in [9.17, 15) is 45.6 Å². The second-order valence-electron chi connectivity index (χ2n) is 9.97. The quantitative estimate of drug-likeness (QED) is 0.199. The molecule has 0 unspecified atom stereocenters. The minimum atomic E-state index is -1.60. The van der Waals surface area contributed by atoms with Gasteiger partial charge in [-0.2, -0.15) is 0 Å². The zero-order chi connectivity index (χ0) is 28.9. The van der Waals surface area contributed by atoms with E-state index >= 15 is 0 Å². The summed E-state index contributed by atoms with van der Waals surface area (Å²) in [5.74, 6) is -0.677. The van der Waals surface area contributed by atoms with Crippen LogP contribution in [0.2, 0.25) is 0 Å². The maximum Gasteiger partial charge on any atom is 0.229 e. The van der Waals surface area contributed by atoms with Gasteiger partial charge in [-0.15, -0.1) is 0 Å². The smallest absolute Gasteiger partial charge is 0.229 e. The summed E-state index contributed by atoms with van der Waals surface area (Å²) in [6.45, 7) is 0.936. The summed E-state index contributed by atoms with van der Waals surface area (Å²) in [4.78, 5) is 13.0. The first-order valence-electron chi connectivity index (χ1n) is 12.6. The van der Waals surface area contributed by atoms with E-state index in [0.29, 0.717) is 5.56 Å². The fourth-order valence-electron chi connectivity index (χ4n) is 5.01. The molecule has 8 N–H and O–H groups in total. The number of ether oxygens (including phenoxy) is 3. The summed E-state index contributed by atoms with van der Waals surface area (Å²) in [6.07, 6.45) is -11.4. The molecular formula is C27H30O13. The number of rotatable bonds is 5. The molecule has 2 saturated heterocycles. The Balaban J connectivity index is 1.41. The fraction of sp³-hybridized carbons (Fsp3) is 0.444. The van der Waals surface area contributed by atoms with Gasteiger partial charge in [0, 0.05) is 24.1 Å². The lowest BCUT2D eigenvalue weighted by Gasteiger charge is -2.39. The molecule has 0 aliphatic carbocycles. The van der Waals surface area contributed by atoms with Crippen molar-refractivity contribution >= 4 is 11.0 Å². The van der Waals surface area contributed by atoms with Crippen molar-refractivity contribution in [2.75, 3.05) is 6.61 Å². The van der Waals surface area contributed by atoms with Crippen LogP contribution in [-0.2, 0) is 9.47 Å². The van der Waals surface area contributed by atoms with E-state index in [4.69, 9.17) is 18.6 Å². The molecule has 13 nitrogen and oxygen atoms in total. The number of aliphatic hydroxyl groups excluding tert-OH is 6. The molecule has 9 atom stereocenters. The molecule has 3 aromatic rings. The van der Waals surface area contributed by atoms with Crippen LogP contribution in [0.4, 0.5) is 0 Å². The summed E-state index contributed by atoms with van der Waals surface area (Å²) in [6, 6.07) is 8.32. The van der Waals surface area contributed by atoms with Gasteiger partial charge in [0.25, 0.3) is 0 Å². The Kier molecular flexibility index (Phi) is 7.74. The lowest BCUT2D eigenvalue weighted by Crippen LogP contribution is -2.60. The number of aliphatic hydroxyl groups is 6. The van der Waals surface area contributed by atoms with Crippen LogP contribution in [0, 0.1) is 0 Å². The molecule has 0 radical (unpaired) electrons. The Bertz CT molecular complexity index is 1410. The average molecular weight is 563 g/mol. The number of benzene rings is 2. The number of phenols is 2. The molecule has 3 heterocycles. The number of hydrogen-bond donors (Lipinski definition) is 8. The maximum absolute atomic E-state index is 13.0. The largest absolute Gasteiger partial charge is 0.507 e. The first-order valence-corrected chi connectivity index (χ1v) is 12.6. The van der Waals surface area contributed by atoms with E-state index < -0.39 is 78.7 Å². The highest BCUT2D eigenvalue weighted by molar-refractivity contribution is 5.88. The topological polar surface area (TPSA) is 220 Å². The summed E-state index contributed by atoms with van der Waals surface area (Å²) in [5.41, 5.74) is -0.391. The van der Waals surface area contributed by atoms with Crippen molar-refractivity contribution in [2.45, 2.75) is 68.5 Å². The van der Waals surface area contributed by atoms with Crippen molar-refractivity contribution in [3.63, 3.8) is 0 Å². The van der Waals surface area contributed by atoms with E-state index in [-0.39, 0.29) is 34.5 Å². The Morgan fingerprint density at radius 1 is 0.925 bits per heavy atom. The Morgan fingerprint density at radius 3 is 2.27 bits per heavy atom. The molecule has 1 aromatic heterocycles. The number of hydrogen-bond acceptors (Lipinski definition) is 13. The van der Waals surface area contributed by atoms with Crippen LogP contribution in [0.15, 0.2) is 45.6 Å². The van der Waals surface area contributed by atoms with Gasteiger partial charge in [-0.25, -0.2) is 0 Å². The molecule has 13 heteroatoms. The highest BCUT2D eigenvalue weighted by Crippen LogP contribution is 2.44. The Hall–Kier alpha value is -3.27. The predicted octanol–water partition coefficient (Wildman–Crippen LogP) is -0.378. The summed E-state index contributed by atoms with van der Waals surface area (Å²) >= 11 is 0. The van der Waals surface area contributed by atoms with E-state index in [1.54, 1.807) is 0 Å². The van der Waals surface area contributed by atoms with Crippen molar-refractivity contribution in [3.8, 4) is 28.6 Å². The third-order valence-corrected chi connectivity index (χ3v) is 7.28. The SMILES string of the molecule is C[C@@H]1O[C@H](c2c(O)cc3oc(-c4ccc(O[C@@H]5O[C@H](CO)[C@@H](O)[C@H](O)[C@H]5O)cc4)cc(=O)c3c2O)C[C@H](O)[C@@H]1O. The summed E-state index contributed by atoms with van der Waals surface area (Å²) in [5, 5.41) is 80.8. The van der Waals surface area contributed by atoms with Crippen LogP contribution in [0.1, 0.15) is 25.0 Å². The van der Waals surface area contributed by atoms with E-state index in [1.165, 1.54) is 31.2 Å². The molecule has 0 amide bonds. The standard InChI is InChI=1S/C27H30O13/c1-10-22(32)15(31)8-17(37-10)20-14(30)7-18-21(24(20)34)13(29)6-16(39-18)11-2-4-12(5-3-11)38-27-26(36)25(35)23(33)19(9-28)40-27/h2-7,10,15,17,19,22-23,25-28,30-36H,8-9H2,1H3/t10-,15-,17-,19+,22+,23+,25-,26+,27+/m0/s1. The van der Waals surface area contributed by atoms with Crippen LogP contribution in [0.3, 0.4) is 0 Å². The third-order valence-electron chi connectivity index (χ3n) is 7.28. The molecule has 216 valence electrons. The van der Waals surface area contributed by atoms with Crippen LogP contribution in [0.5, 0.6) is 17.2 Å². The molecule has 2 aliphatic heterocycles. The zero-order valence-corrected chi connectivity index (χ0v) is 21.2. The van der Waals surface area contributed by atoms with Crippen molar-refractivity contribution in [1.29, 1.82) is 0 Å². The first kappa shape index (κ1) is 28.3. The molecule has 0 saturated carbocycles. The lowest BCUT2D eigenvalue weighted by molar-refractivity contribution is -0.277. The first-order chi connectivity index (χ1) is 19.0. The van der Waals surface area contributed by atoms with Crippen molar-refractivity contribution in [3.05, 3.63) is 52.2 Å². The van der Waals surface area contributed by atoms with Gasteiger partial charge in [-0.3, -0.25) is 4.79 Å². The molecule has 2 aliphatic rings. The monoisotopic (exact) mass is 562 g/mol. The number of phenolic OH excluding ortho intramolecular Hbond substituents is 2. The molecule has 2 aromatic carbocycles. The molecule has 0 bridgehead atoms. The van der Waals surface area contributed by atoms with Gasteiger partial charge in [0.15, 0.2) is 5.43 Å². The van der Waals surface area contributed by atoms with E-state index in [1.807, 2.05) is 0 Å². The van der Waals surface area contributed by atoms with Crippen LogP contribution in [0.25, 0.3) is 22.3 Å². The highest BCUT2D eigenvalue weighted by Gasteiger charge is 2.44. The third kappa shape index (κ3) is 5.02. The second-order valence-corrected chi connectivity index (χ2v) is 9.97. The minimum Gasteiger partial charge on any atom is -0.507 e. The van der Waals surface area contributed by atoms with Gasteiger partial charge in [-0.05, 0) is 31.2 Å². The van der Waals surface area contributed by atoms with Crippen LogP contribution >= 0.6 is 0 Å². The molecule has 0 spiro atoms. The normalized spacial score (nSPS) is 32.7. The van der Waals surface area contributed by atoms with Crippen molar-refractivity contribution < 1.29 is 59.5 Å². The van der Waals surface area contributed by atoms with Crippen molar-refractivity contribution in [2.24, 2.45) is 0 Å². The Morgan fingerprint density at radius 2 is 1.62 bits per heavy atom. The summed E-state index contributed by atoms with van der Waals surface area (Å²) < 4.78 is 22.4. The molecular weight excluding hydrogens is 532 g/mol. The number of fused-ring (bicyclic) bond motifs is 1. The van der Waals surface area contributed by atoms with Crippen molar-refractivity contribution in [1.82, 2.24) is 0 Å². The van der Waals surface area contributed by atoms with E-state index in [0.717, 1.165) is 12.1 Å². The van der Waals surface area contributed by atoms with Gasteiger partial charge in [0.1, 0.15) is 64.5 Å². The Labute approximate surface area is 226 Å². The van der Waals surface area contributed by atoms with E-state index in [2.05, 4.69) is 0 Å². The molecule has 2 fully saturated rings. The van der Waals surface area contributed by atoms with Gasteiger partial charge in [0.2, 0.25) is 6.29 Å². The minimum absolute atomic E-state index is 0.0972. The average Bonchev–Trinajstić information content (AvgIpc) is 2.91. The molecule has 40 heavy (non-hydrogen) atoms. The fourth-order valence-corrected chi connectivity index (χ4v) is 5.01. The predicted molar refractivity (Wildman–Crippen MR) is 136 cm³/mol. The molecule has 5 rings (SSSR count). The summed E-state index contributed by atoms with van der Waals surface area (Å²) in [7, 11) is 0. The maximum atomic E-state index is 13.0. The van der Waals surface area contributed by atoms with Crippen LogP contribution < -0.4 is 10.2 Å². The van der Waals surface area contributed by atoms with Gasteiger partial charge in [-0.1, -0.05) is 0 Å². The highest BCUT2D eigenvalue weighted by atomic mass is 16.7. The number of aromatic hydroxyl groups is 2. The zero-order valence-electron chi connectivity index (χ0n) is 21.2. The van der Waals surface area contributed by atoms with Crippen LogP contribution in [-0.4, -0.2) is 96.5 Å². The van der Waals surface area contributed by atoms with Gasteiger partial charge < -0.3 is 59.5 Å². The second kappa shape index (κ2) is 11.0. The lowest BCUT2D eigenvalue weighted by atomic mass is 9.92. The van der Waals surface area contributed by atoms with Gasteiger partial charge in [0.05, 0.1) is 30.5 Å². The van der Waals surface area contributed by atoms with Gasteiger partial charge >= 0.3 is 0 Å².